The molecule has 0 spiro atoms. The van der Waals surface area contributed by atoms with Gasteiger partial charge in [0, 0.05) is 5.56 Å². The van der Waals surface area contributed by atoms with Crippen LogP contribution in [0.3, 0.4) is 0 Å². The number of hydrogen-bond donors (Lipinski definition) is 1. The van der Waals surface area contributed by atoms with Gasteiger partial charge in [-0.2, -0.15) is 0 Å². The first-order valence-corrected chi connectivity index (χ1v) is 6.45. The van der Waals surface area contributed by atoms with Gasteiger partial charge in [-0.25, -0.2) is 13.2 Å². The Balaban J connectivity index is 2.08. The van der Waals surface area contributed by atoms with Gasteiger partial charge in [-0.05, 0) is 28.5 Å². The Morgan fingerprint density at radius 3 is 2.24 bits per heavy atom. The second kappa shape index (κ2) is 5.22. The second-order valence-corrected chi connectivity index (χ2v) is 4.85. The van der Waals surface area contributed by atoms with Gasteiger partial charge in [0.15, 0.2) is 17.5 Å². The molecule has 0 saturated carbocycles. The fraction of sp³-hybridized carbons (Fsp3) is 0.0588. The molecule has 0 fully saturated rings. The summed E-state index contributed by atoms with van der Waals surface area (Å²) < 4.78 is 40.1. The smallest absolute Gasteiger partial charge is 0.194 e. The number of fused-ring (bicyclic) bond motifs is 1. The summed E-state index contributed by atoms with van der Waals surface area (Å²) >= 11 is 0. The normalized spacial score (nSPS) is 12.6. The van der Waals surface area contributed by atoms with Gasteiger partial charge in [0.25, 0.3) is 0 Å². The van der Waals surface area contributed by atoms with E-state index >= 15 is 0 Å². The minimum Gasteiger partial charge on any atom is -0.320 e. The van der Waals surface area contributed by atoms with Crippen molar-refractivity contribution in [2.45, 2.75) is 6.04 Å². The zero-order valence-electron chi connectivity index (χ0n) is 11.0. The molecule has 0 heterocycles. The van der Waals surface area contributed by atoms with Crippen LogP contribution in [-0.2, 0) is 0 Å². The van der Waals surface area contributed by atoms with E-state index in [9.17, 15) is 13.2 Å². The second-order valence-electron chi connectivity index (χ2n) is 4.85. The van der Waals surface area contributed by atoms with Crippen molar-refractivity contribution in [1.82, 2.24) is 0 Å². The Morgan fingerprint density at radius 1 is 0.762 bits per heavy atom. The number of hydrogen-bond acceptors (Lipinski definition) is 1. The first kappa shape index (κ1) is 13.6. The van der Waals surface area contributed by atoms with Gasteiger partial charge in [-0.15, -0.1) is 0 Å². The van der Waals surface area contributed by atoms with E-state index < -0.39 is 23.5 Å². The molecule has 1 unspecified atom stereocenters. The van der Waals surface area contributed by atoms with Crippen LogP contribution in [0.1, 0.15) is 17.2 Å². The number of benzene rings is 3. The van der Waals surface area contributed by atoms with Crippen LogP contribution < -0.4 is 5.73 Å². The largest absolute Gasteiger partial charge is 0.320 e. The van der Waals surface area contributed by atoms with Gasteiger partial charge in [0.05, 0.1) is 6.04 Å². The van der Waals surface area contributed by atoms with Crippen LogP contribution in [0.5, 0.6) is 0 Å². The topological polar surface area (TPSA) is 26.0 Å². The fourth-order valence-corrected chi connectivity index (χ4v) is 2.36. The lowest BCUT2D eigenvalue weighted by Crippen LogP contribution is -2.15. The highest BCUT2D eigenvalue weighted by molar-refractivity contribution is 5.83. The van der Waals surface area contributed by atoms with Crippen LogP contribution in [0.25, 0.3) is 10.8 Å². The Bertz CT molecular complexity index is 814. The van der Waals surface area contributed by atoms with E-state index in [1.54, 1.807) is 6.07 Å². The van der Waals surface area contributed by atoms with Crippen molar-refractivity contribution in [2.75, 3.05) is 0 Å². The third kappa shape index (κ3) is 2.38. The average Bonchev–Trinajstić information content (AvgIpc) is 2.52. The molecule has 3 rings (SSSR count). The molecule has 2 N–H and O–H groups in total. The summed E-state index contributed by atoms with van der Waals surface area (Å²) in [7, 11) is 0. The molecule has 106 valence electrons. The number of halogens is 3. The molecule has 0 aliphatic rings. The lowest BCUT2D eigenvalue weighted by molar-refractivity contribution is 0.438. The van der Waals surface area contributed by atoms with Crippen molar-refractivity contribution in [3.63, 3.8) is 0 Å². The van der Waals surface area contributed by atoms with Gasteiger partial charge >= 0.3 is 0 Å². The lowest BCUT2D eigenvalue weighted by atomic mass is 9.96. The minimum absolute atomic E-state index is 0.0656. The first-order chi connectivity index (χ1) is 10.1. The van der Waals surface area contributed by atoms with Crippen molar-refractivity contribution in [3.05, 3.63) is 83.2 Å². The molecule has 0 aliphatic heterocycles. The monoisotopic (exact) mass is 287 g/mol. The summed E-state index contributed by atoms with van der Waals surface area (Å²) in [5.41, 5.74) is 6.57. The van der Waals surface area contributed by atoms with Gasteiger partial charge in [-0.1, -0.05) is 42.5 Å². The number of rotatable bonds is 2. The Hall–Kier alpha value is -2.33. The molecule has 0 aliphatic carbocycles. The van der Waals surface area contributed by atoms with Gasteiger partial charge < -0.3 is 5.73 Å². The molecule has 21 heavy (non-hydrogen) atoms. The van der Waals surface area contributed by atoms with Crippen molar-refractivity contribution >= 4 is 10.8 Å². The molecule has 0 aromatic heterocycles. The van der Waals surface area contributed by atoms with E-state index in [1.165, 1.54) is 6.07 Å². The van der Waals surface area contributed by atoms with E-state index in [0.717, 1.165) is 16.8 Å². The van der Waals surface area contributed by atoms with Gasteiger partial charge in [0.1, 0.15) is 0 Å². The highest BCUT2D eigenvalue weighted by Crippen LogP contribution is 2.27. The minimum atomic E-state index is -1.50. The summed E-state index contributed by atoms with van der Waals surface area (Å²) in [6, 6.07) is 14.3. The Kier molecular flexibility index (Phi) is 3.39. The maximum absolute atomic E-state index is 13.8. The maximum atomic E-state index is 13.8. The molecule has 3 aromatic carbocycles. The summed E-state index contributed by atoms with van der Waals surface area (Å²) in [5.74, 6) is -3.96. The molecule has 0 amide bonds. The van der Waals surface area contributed by atoms with Crippen molar-refractivity contribution in [1.29, 1.82) is 0 Å². The molecular weight excluding hydrogens is 275 g/mol. The zero-order chi connectivity index (χ0) is 15.0. The van der Waals surface area contributed by atoms with Crippen LogP contribution in [0.4, 0.5) is 13.2 Å². The summed E-state index contributed by atoms with van der Waals surface area (Å²) in [5, 5.41) is 1.98. The molecule has 1 atom stereocenters. The summed E-state index contributed by atoms with van der Waals surface area (Å²) in [6.45, 7) is 0. The fourth-order valence-electron chi connectivity index (χ4n) is 2.36. The van der Waals surface area contributed by atoms with Crippen molar-refractivity contribution in [3.8, 4) is 0 Å². The summed E-state index contributed by atoms with van der Waals surface area (Å²) in [6.07, 6.45) is 0. The third-order valence-electron chi connectivity index (χ3n) is 3.53. The van der Waals surface area contributed by atoms with Crippen LogP contribution >= 0.6 is 0 Å². The Morgan fingerprint density at radius 2 is 1.48 bits per heavy atom. The molecule has 0 radical (unpaired) electrons. The summed E-state index contributed by atoms with van der Waals surface area (Å²) in [4.78, 5) is 0. The van der Waals surface area contributed by atoms with E-state index in [4.69, 9.17) is 5.73 Å². The predicted molar refractivity (Wildman–Crippen MR) is 76.3 cm³/mol. The third-order valence-corrected chi connectivity index (χ3v) is 3.53. The van der Waals surface area contributed by atoms with E-state index in [-0.39, 0.29) is 5.56 Å². The molecule has 0 bridgehead atoms. The van der Waals surface area contributed by atoms with Crippen LogP contribution in [0.2, 0.25) is 0 Å². The quantitative estimate of drug-likeness (QED) is 0.698. The highest BCUT2D eigenvalue weighted by atomic mass is 19.2. The highest BCUT2D eigenvalue weighted by Gasteiger charge is 2.19. The molecule has 4 heteroatoms. The maximum Gasteiger partial charge on any atom is 0.194 e. The molecular formula is C17H12F3N. The SMILES string of the molecule is NC(c1ccc2ccccc2c1)c1ccc(F)c(F)c1F. The van der Waals surface area contributed by atoms with Gasteiger partial charge in [0.2, 0.25) is 0 Å². The van der Waals surface area contributed by atoms with Crippen LogP contribution in [-0.4, -0.2) is 0 Å². The average molecular weight is 287 g/mol. The first-order valence-electron chi connectivity index (χ1n) is 6.45. The van der Waals surface area contributed by atoms with Gasteiger partial charge in [-0.3, -0.25) is 0 Å². The predicted octanol–water partition coefficient (Wildman–Crippen LogP) is 4.31. The molecule has 3 aromatic rings. The van der Waals surface area contributed by atoms with Crippen LogP contribution in [0, 0.1) is 17.5 Å². The number of nitrogens with two attached hydrogens (primary N) is 1. The van der Waals surface area contributed by atoms with Crippen molar-refractivity contribution < 1.29 is 13.2 Å². The van der Waals surface area contributed by atoms with E-state index in [1.807, 2.05) is 36.4 Å². The zero-order valence-corrected chi connectivity index (χ0v) is 11.0. The standard InChI is InChI=1S/C17H12F3N/c18-14-8-7-13(15(19)16(14)20)17(21)12-6-5-10-3-1-2-4-11(10)9-12/h1-9,17H,21H2. The molecule has 1 nitrogen and oxygen atoms in total. The Labute approximate surface area is 119 Å². The molecule has 0 saturated heterocycles. The van der Waals surface area contributed by atoms with Crippen molar-refractivity contribution in [2.24, 2.45) is 5.73 Å². The lowest BCUT2D eigenvalue weighted by Gasteiger charge is -2.15. The van der Waals surface area contributed by atoms with Crippen LogP contribution in [0.15, 0.2) is 54.6 Å². The van der Waals surface area contributed by atoms with E-state index in [0.29, 0.717) is 5.56 Å². The van der Waals surface area contributed by atoms with E-state index in [2.05, 4.69) is 0 Å².